The van der Waals surface area contributed by atoms with Crippen LogP contribution in [-0.2, 0) is 4.74 Å². The highest BCUT2D eigenvalue weighted by molar-refractivity contribution is 14.1. The molecule has 4 nitrogen and oxygen atoms in total. The van der Waals surface area contributed by atoms with Crippen LogP contribution in [-0.4, -0.2) is 78.4 Å². The molecule has 0 radical (unpaired) electrons. The molecule has 0 aromatic carbocycles. The van der Waals surface area contributed by atoms with Crippen molar-refractivity contribution in [3.8, 4) is 0 Å². The third-order valence-corrected chi connectivity index (χ3v) is 3.74. The SMILES string of the molecule is COCCN1CCN(CC(O)CI)CC1. The summed E-state index contributed by atoms with van der Waals surface area (Å²) in [5.74, 6) is 0. The number of nitrogens with zero attached hydrogens (tertiary/aromatic N) is 2. The quantitative estimate of drug-likeness (QED) is 0.552. The molecule has 0 amide bonds. The number of β-amino-alcohol motifs (C(OH)–C–C–N with tert-alkyl or cyclic N) is 1. The third-order valence-electron chi connectivity index (χ3n) is 2.72. The molecule has 1 rings (SSSR count). The third kappa shape index (κ3) is 5.44. The molecule has 0 bridgehead atoms. The summed E-state index contributed by atoms with van der Waals surface area (Å²) in [4.78, 5) is 4.75. The molecule has 1 aliphatic rings. The van der Waals surface area contributed by atoms with Crippen LogP contribution in [0.15, 0.2) is 0 Å². The van der Waals surface area contributed by atoms with Gasteiger partial charge >= 0.3 is 0 Å². The zero-order chi connectivity index (χ0) is 11.1. The predicted octanol–water partition coefficient (Wildman–Crippen LogP) is 0.0463. The summed E-state index contributed by atoms with van der Waals surface area (Å²) in [5, 5.41) is 9.53. The van der Waals surface area contributed by atoms with Gasteiger partial charge in [-0.15, -0.1) is 0 Å². The average Bonchev–Trinajstić information content (AvgIpc) is 2.28. The zero-order valence-corrected chi connectivity index (χ0v) is 11.5. The second-order valence-corrected chi connectivity index (χ2v) is 4.82. The van der Waals surface area contributed by atoms with Crippen LogP contribution in [0, 0.1) is 0 Å². The second kappa shape index (κ2) is 7.78. The predicted molar refractivity (Wildman–Crippen MR) is 69.6 cm³/mol. The fourth-order valence-corrected chi connectivity index (χ4v) is 2.04. The van der Waals surface area contributed by atoms with Crippen LogP contribution in [0.3, 0.4) is 0 Å². The standard InChI is InChI=1S/C10H21IN2O2/c1-15-7-6-12-2-4-13(5-3-12)9-10(14)8-11/h10,14H,2-9H2,1H3. The monoisotopic (exact) mass is 328 g/mol. The molecule has 15 heavy (non-hydrogen) atoms. The highest BCUT2D eigenvalue weighted by Gasteiger charge is 2.18. The molecule has 1 heterocycles. The Balaban J connectivity index is 2.12. The molecule has 0 aliphatic carbocycles. The van der Waals surface area contributed by atoms with E-state index in [-0.39, 0.29) is 6.10 Å². The fraction of sp³-hybridized carbons (Fsp3) is 1.00. The van der Waals surface area contributed by atoms with Crippen LogP contribution in [0.25, 0.3) is 0 Å². The van der Waals surface area contributed by atoms with Gasteiger partial charge in [0.2, 0.25) is 0 Å². The van der Waals surface area contributed by atoms with Crippen LogP contribution in [0.5, 0.6) is 0 Å². The molecular formula is C10H21IN2O2. The lowest BCUT2D eigenvalue weighted by Crippen LogP contribution is -2.49. The molecule has 0 aromatic rings. The maximum atomic E-state index is 9.53. The molecule has 0 aromatic heterocycles. The second-order valence-electron chi connectivity index (χ2n) is 3.94. The van der Waals surface area contributed by atoms with E-state index < -0.39 is 0 Å². The minimum atomic E-state index is -0.170. The molecule has 1 atom stereocenters. The molecule has 1 fully saturated rings. The number of piperazine rings is 1. The van der Waals surface area contributed by atoms with Gasteiger partial charge in [-0.25, -0.2) is 0 Å². The van der Waals surface area contributed by atoms with E-state index >= 15 is 0 Å². The Morgan fingerprint density at radius 3 is 2.40 bits per heavy atom. The van der Waals surface area contributed by atoms with Crippen molar-refractivity contribution in [2.24, 2.45) is 0 Å². The van der Waals surface area contributed by atoms with Gasteiger partial charge in [-0.3, -0.25) is 9.80 Å². The van der Waals surface area contributed by atoms with Crippen molar-refractivity contribution >= 4 is 22.6 Å². The van der Waals surface area contributed by atoms with E-state index in [1.54, 1.807) is 7.11 Å². The molecule has 90 valence electrons. The number of aliphatic hydroxyl groups excluding tert-OH is 1. The van der Waals surface area contributed by atoms with Crippen molar-refractivity contribution in [3.63, 3.8) is 0 Å². The smallest absolute Gasteiger partial charge is 0.0756 e. The molecular weight excluding hydrogens is 307 g/mol. The van der Waals surface area contributed by atoms with Gasteiger partial charge in [-0.05, 0) is 0 Å². The number of rotatable bonds is 6. The topological polar surface area (TPSA) is 35.9 Å². The van der Waals surface area contributed by atoms with Crippen LogP contribution in [0.2, 0.25) is 0 Å². The zero-order valence-electron chi connectivity index (χ0n) is 9.36. The first kappa shape index (κ1) is 13.6. The number of aliphatic hydroxyl groups is 1. The van der Waals surface area contributed by atoms with Gasteiger partial charge < -0.3 is 9.84 Å². The van der Waals surface area contributed by atoms with Gasteiger partial charge in [-0.1, -0.05) is 22.6 Å². The number of halogens is 1. The summed E-state index contributed by atoms with van der Waals surface area (Å²) >= 11 is 2.23. The Labute approximate surface area is 106 Å². The number of methoxy groups -OCH3 is 1. The minimum absolute atomic E-state index is 0.170. The van der Waals surface area contributed by atoms with E-state index in [1.807, 2.05) is 0 Å². The lowest BCUT2D eigenvalue weighted by atomic mass is 10.3. The normalized spacial score (nSPS) is 21.8. The summed E-state index contributed by atoms with van der Waals surface area (Å²) in [6, 6.07) is 0. The Kier molecular flexibility index (Phi) is 7.07. The molecule has 0 saturated carbocycles. The number of hydrogen-bond donors (Lipinski definition) is 1. The number of alkyl halides is 1. The molecule has 1 saturated heterocycles. The summed E-state index contributed by atoms with van der Waals surface area (Å²) in [6.45, 7) is 6.99. The first-order valence-corrected chi connectivity index (χ1v) is 6.96. The lowest BCUT2D eigenvalue weighted by molar-refractivity contribution is 0.0693. The van der Waals surface area contributed by atoms with Crippen molar-refractivity contribution in [2.45, 2.75) is 6.10 Å². The molecule has 5 heteroatoms. The van der Waals surface area contributed by atoms with Gasteiger partial charge in [0, 0.05) is 50.8 Å². The Morgan fingerprint density at radius 2 is 1.87 bits per heavy atom. The van der Waals surface area contributed by atoms with E-state index in [9.17, 15) is 5.11 Å². The summed E-state index contributed by atoms with van der Waals surface area (Å²) < 4.78 is 5.88. The van der Waals surface area contributed by atoms with Gasteiger partial charge in [0.1, 0.15) is 0 Å². The number of hydrogen-bond acceptors (Lipinski definition) is 4. The van der Waals surface area contributed by atoms with Crippen LogP contribution < -0.4 is 0 Å². The summed E-state index contributed by atoms with van der Waals surface area (Å²) in [6.07, 6.45) is -0.170. The largest absolute Gasteiger partial charge is 0.391 e. The minimum Gasteiger partial charge on any atom is -0.391 e. The Bertz CT molecular complexity index is 164. The highest BCUT2D eigenvalue weighted by atomic mass is 127. The van der Waals surface area contributed by atoms with Crippen LogP contribution >= 0.6 is 22.6 Å². The average molecular weight is 328 g/mol. The molecule has 1 N–H and O–H groups in total. The Morgan fingerprint density at radius 1 is 1.27 bits per heavy atom. The van der Waals surface area contributed by atoms with Crippen molar-refractivity contribution < 1.29 is 9.84 Å². The van der Waals surface area contributed by atoms with E-state index in [1.165, 1.54) is 0 Å². The van der Waals surface area contributed by atoms with Gasteiger partial charge in [0.25, 0.3) is 0 Å². The number of ether oxygens (including phenoxy) is 1. The van der Waals surface area contributed by atoms with E-state index in [0.29, 0.717) is 0 Å². The maximum absolute atomic E-state index is 9.53. The fourth-order valence-electron chi connectivity index (χ4n) is 1.76. The van der Waals surface area contributed by atoms with E-state index in [4.69, 9.17) is 4.74 Å². The molecule has 1 unspecified atom stereocenters. The van der Waals surface area contributed by atoms with Crippen LogP contribution in [0.1, 0.15) is 0 Å². The lowest BCUT2D eigenvalue weighted by Gasteiger charge is -2.35. The maximum Gasteiger partial charge on any atom is 0.0756 e. The van der Waals surface area contributed by atoms with Crippen molar-refractivity contribution in [2.75, 3.05) is 57.4 Å². The van der Waals surface area contributed by atoms with E-state index in [0.717, 1.165) is 50.3 Å². The van der Waals surface area contributed by atoms with Gasteiger partial charge in [0.05, 0.1) is 12.7 Å². The van der Waals surface area contributed by atoms with Gasteiger partial charge in [-0.2, -0.15) is 0 Å². The highest BCUT2D eigenvalue weighted by Crippen LogP contribution is 2.03. The van der Waals surface area contributed by atoms with Crippen LogP contribution in [0.4, 0.5) is 0 Å². The van der Waals surface area contributed by atoms with Gasteiger partial charge in [0.15, 0.2) is 0 Å². The summed E-state index contributed by atoms with van der Waals surface area (Å²) in [5.41, 5.74) is 0. The first-order valence-electron chi connectivity index (χ1n) is 5.44. The summed E-state index contributed by atoms with van der Waals surface area (Å²) in [7, 11) is 1.74. The van der Waals surface area contributed by atoms with E-state index in [2.05, 4.69) is 32.4 Å². The van der Waals surface area contributed by atoms with Crippen molar-refractivity contribution in [1.82, 2.24) is 9.80 Å². The van der Waals surface area contributed by atoms with Crippen molar-refractivity contribution in [3.05, 3.63) is 0 Å². The Hall–Kier alpha value is 0.570. The molecule has 1 aliphatic heterocycles. The van der Waals surface area contributed by atoms with Crippen molar-refractivity contribution in [1.29, 1.82) is 0 Å². The molecule has 0 spiro atoms. The first-order chi connectivity index (χ1) is 7.26.